The lowest BCUT2D eigenvalue weighted by atomic mass is 10.2. The number of nitrogens with zero attached hydrogens (tertiary/aromatic N) is 1. The Morgan fingerprint density at radius 2 is 1.88 bits per heavy atom. The summed E-state index contributed by atoms with van der Waals surface area (Å²) in [7, 11) is 0. The molecule has 1 N–H and O–H groups in total. The molecule has 1 amide bonds. The van der Waals surface area contributed by atoms with Crippen LogP contribution in [0.3, 0.4) is 0 Å². The van der Waals surface area contributed by atoms with Crippen LogP contribution in [0, 0.1) is 17.5 Å². The molecule has 0 saturated carbocycles. The van der Waals surface area contributed by atoms with Crippen LogP contribution in [0.25, 0.3) is 11.3 Å². The van der Waals surface area contributed by atoms with Crippen molar-refractivity contribution in [2.45, 2.75) is 0 Å². The summed E-state index contributed by atoms with van der Waals surface area (Å²) < 4.78 is 39.6. The van der Waals surface area contributed by atoms with Crippen molar-refractivity contribution in [1.29, 1.82) is 0 Å². The lowest BCUT2D eigenvalue weighted by Crippen LogP contribution is -2.12. The van der Waals surface area contributed by atoms with E-state index in [1.54, 1.807) is 5.38 Å². The molecule has 2 aromatic carbocycles. The van der Waals surface area contributed by atoms with Gasteiger partial charge in [-0.25, -0.2) is 18.2 Å². The number of thiazole rings is 1. The lowest BCUT2D eigenvalue weighted by Gasteiger charge is -2.04. The molecule has 1 aromatic heterocycles. The van der Waals surface area contributed by atoms with Crippen molar-refractivity contribution in [2.24, 2.45) is 0 Å². The Hall–Kier alpha value is -2.19. The summed E-state index contributed by atoms with van der Waals surface area (Å²) in [5.74, 6) is -2.84. The molecule has 0 radical (unpaired) electrons. The zero-order valence-corrected chi connectivity index (χ0v) is 14.2. The number of halogens is 4. The van der Waals surface area contributed by atoms with E-state index in [9.17, 15) is 18.0 Å². The van der Waals surface area contributed by atoms with E-state index in [1.165, 1.54) is 24.3 Å². The number of hydrogen-bond acceptors (Lipinski definition) is 3. The summed E-state index contributed by atoms with van der Waals surface area (Å²) in [6.45, 7) is 0. The molecule has 0 bridgehead atoms. The highest BCUT2D eigenvalue weighted by Crippen LogP contribution is 2.27. The van der Waals surface area contributed by atoms with E-state index in [2.05, 4.69) is 26.2 Å². The lowest BCUT2D eigenvalue weighted by molar-refractivity contribution is 0.102. The number of hydrogen-bond donors (Lipinski definition) is 1. The maximum Gasteiger partial charge on any atom is 0.258 e. The van der Waals surface area contributed by atoms with Gasteiger partial charge >= 0.3 is 0 Å². The number of anilines is 1. The second kappa shape index (κ2) is 6.74. The van der Waals surface area contributed by atoms with Gasteiger partial charge in [0.2, 0.25) is 0 Å². The number of benzene rings is 2. The maximum atomic E-state index is 13.3. The van der Waals surface area contributed by atoms with E-state index in [-0.39, 0.29) is 10.7 Å². The first-order valence-electron chi connectivity index (χ1n) is 6.61. The van der Waals surface area contributed by atoms with Crippen LogP contribution in [0.2, 0.25) is 0 Å². The van der Waals surface area contributed by atoms with Gasteiger partial charge in [-0.3, -0.25) is 10.1 Å². The van der Waals surface area contributed by atoms with Gasteiger partial charge in [0.05, 0.1) is 11.3 Å². The second-order valence-corrected chi connectivity index (χ2v) is 6.46. The van der Waals surface area contributed by atoms with E-state index in [1.807, 2.05) is 0 Å². The fraction of sp³-hybridized carbons (Fsp3) is 0. The van der Waals surface area contributed by atoms with E-state index in [0.29, 0.717) is 15.7 Å². The Balaban J connectivity index is 1.80. The van der Waals surface area contributed by atoms with Gasteiger partial charge in [0.25, 0.3) is 5.91 Å². The molecule has 0 atom stereocenters. The van der Waals surface area contributed by atoms with E-state index >= 15 is 0 Å². The van der Waals surface area contributed by atoms with Crippen LogP contribution in [-0.4, -0.2) is 10.9 Å². The third-order valence-corrected chi connectivity index (χ3v) is 4.53. The summed E-state index contributed by atoms with van der Waals surface area (Å²) >= 11 is 4.26. The minimum absolute atomic E-state index is 0.251. The van der Waals surface area contributed by atoms with Gasteiger partial charge in [-0.2, -0.15) is 0 Å². The Morgan fingerprint density at radius 3 is 2.58 bits per heavy atom. The molecule has 0 aliphatic heterocycles. The van der Waals surface area contributed by atoms with Crippen LogP contribution in [0.5, 0.6) is 0 Å². The largest absolute Gasteiger partial charge is 0.298 e. The molecule has 0 aliphatic rings. The summed E-state index contributed by atoms with van der Waals surface area (Å²) in [6.07, 6.45) is 0. The Bertz CT molecular complexity index is 929. The molecule has 0 aliphatic carbocycles. The summed E-state index contributed by atoms with van der Waals surface area (Å²) in [6, 6.07) is 7.15. The summed E-state index contributed by atoms with van der Waals surface area (Å²) in [5.41, 5.74) is 1.06. The molecule has 0 spiro atoms. The third kappa shape index (κ3) is 3.49. The topological polar surface area (TPSA) is 42.0 Å². The van der Waals surface area contributed by atoms with Crippen molar-refractivity contribution < 1.29 is 18.0 Å². The highest BCUT2D eigenvalue weighted by atomic mass is 79.9. The van der Waals surface area contributed by atoms with Gasteiger partial charge in [0, 0.05) is 15.4 Å². The first-order valence-corrected chi connectivity index (χ1v) is 8.28. The monoisotopic (exact) mass is 412 g/mol. The van der Waals surface area contributed by atoms with Crippen molar-refractivity contribution in [3.05, 3.63) is 69.3 Å². The normalized spacial score (nSPS) is 10.7. The zero-order valence-electron chi connectivity index (χ0n) is 11.8. The highest BCUT2D eigenvalue weighted by Gasteiger charge is 2.14. The van der Waals surface area contributed by atoms with Crippen molar-refractivity contribution in [3.8, 4) is 11.3 Å². The fourth-order valence-corrected chi connectivity index (χ4v) is 3.20. The van der Waals surface area contributed by atoms with Gasteiger partial charge < -0.3 is 0 Å². The number of rotatable bonds is 3. The molecule has 3 aromatic rings. The number of carbonyl (C=O) groups is 1. The van der Waals surface area contributed by atoms with E-state index in [0.717, 1.165) is 23.5 Å². The quantitative estimate of drug-likeness (QED) is 0.638. The Morgan fingerprint density at radius 1 is 1.08 bits per heavy atom. The van der Waals surface area contributed by atoms with Gasteiger partial charge in [-0.1, -0.05) is 0 Å². The minimum atomic E-state index is -0.971. The average Bonchev–Trinajstić information content (AvgIpc) is 2.98. The Labute approximate surface area is 147 Å². The van der Waals surface area contributed by atoms with Crippen LogP contribution in [0.4, 0.5) is 18.3 Å². The SMILES string of the molecule is O=C(Nc1nc(-c2ccc(F)c(F)c2)cs1)c1ccc(F)cc1Br. The molecule has 24 heavy (non-hydrogen) atoms. The predicted octanol–water partition coefficient (Wildman–Crippen LogP) is 5.24. The van der Waals surface area contributed by atoms with Gasteiger partial charge in [-0.05, 0) is 52.3 Å². The molecule has 0 saturated heterocycles. The third-order valence-electron chi connectivity index (χ3n) is 3.12. The zero-order chi connectivity index (χ0) is 17.3. The first kappa shape index (κ1) is 16.7. The summed E-state index contributed by atoms with van der Waals surface area (Å²) in [5, 5.41) is 4.48. The van der Waals surface area contributed by atoms with Gasteiger partial charge in [-0.15, -0.1) is 11.3 Å². The van der Waals surface area contributed by atoms with Gasteiger partial charge in [0.1, 0.15) is 5.82 Å². The van der Waals surface area contributed by atoms with Crippen LogP contribution in [0.1, 0.15) is 10.4 Å². The van der Waals surface area contributed by atoms with E-state index < -0.39 is 23.4 Å². The average molecular weight is 413 g/mol. The molecule has 3 rings (SSSR count). The van der Waals surface area contributed by atoms with Crippen LogP contribution in [-0.2, 0) is 0 Å². The molecule has 122 valence electrons. The molecule has 1 heterocycles. The second-order valence-electron chi connectivity index (χ2n) is 4.75. The smallest absolute Gasteiger partial charge is 0.258 e. The molecule has 0 unspecified atom stereocenters. The summed E-state index contributed by atoms with van der Waals surface area (Å²) in [4.78, 5) is 16.4. The van der Waals surface area contributed by atoms with Crippen molar-refractivity contribution in [2.75, 3.05) is 5.32 Å². The van der Waals surface area contributed by atoms with Crippen LogP contribution < -0.4 is 5.32 Å². The number of amides is 1. The Kier molecular flexibility index (Phi) is 4.68. The molecular weight excluding hydrogens is 405 g/mol. The van der Waals surface area contributed by atoms with Gasteiger partial charge in [0.15, 0.2) is 16.8 Å². The molecular formula is C16H8BrF3N2OS. The maximum absolute atomic E-state index is 13.3. The van der Waals surface area contributed by atoms with Crippen molar-refractivity contribution in [3.63, 3.8) is 0 Å². The van der Waals surface area contributed by atoms with Crippen LogP contribution in [0.15, 0.2) is 46.3 Å². The molecule has 3 nitrogen and oxygen atoms in total. The standard InChI is InChI=1S/C16H8BrF3N2OS/c17-11-6-9(18)2-3-10(11)15(23)22-16-21-14(7-24-16)8-1-4-12(19)13(20)5-8/h1-7H,(H,21,22,23). The first-order chi connectivity index (χ1) is 11.4. The number of aromatic nitrogens is 1. The molecule has 8 heteroatoms. The van der Waals surface area contributed by atoms with Crippen molar-refractivity contribution in [1.82, 2.24) is 4.98 Å². The highest BCUT2D eigenvalue weighted by molar-refractivity contribution is 9.10. The van der Waals surface area contributed by atoms with Crippen molar-refractivity contribution >= 4 is 38.3 Å². The van der Waals surface area contributed by atoms with E-state index in [4.69, 9.17) is 0 Å². The van der Waals surface area contributed by atoms with Crippen LogP contribution >= 0.6 is 27.3 Å². The number of nitrogens with one attached hydrogen (secondary N) is 1. The predicted molar refractivity (Wildman–Crippen MR) is 89.5 cm³/mol. The minimum Gasteiger partial charge on any atom is -0.298 e. The fourth-order valence-electron chi connectivity index (χ4n) is 1.96. The molecule has 0 fully saturated rings. The number of carbonyl (C=O) groups excluding carboxylic acids is 1.